The average molecular weight is 1720 g/mol. The van der Waals surface area contributed by atoms with Crippen LogP contribution in [0.4, 0.5) is 0 Å². The Bertz CT molecular complexity index is 9050. The van der Waals surface area contributed by atoms with Crippen LogP contribution in [0.2, 0.25) is 0 Å². The Morgan fingerprint density at radius 3 is 0.696 bits per heavy atom. The topological polar surface area (TPSA) is 39.4 Å². The molecule has 0 fully saturated rings. The summed E-state index contributed by atoms with van der Waals surface area (Å²) >= 11 is 0. The zero-order chi connectivity index (χ0) is 89.2. The molecular formula is C132H84O3. The molecule has 0 unspecified atom stereocenters. The van der Waals surface area contributed by atoms with E-state index in [0.717, 1.165) is 99.2 Å². The van der Waals surface area contributed by atoms with E-state index in [1.165, 1.54) is 165 Å². The van der Waals surface area contributed by atoms with Crippen molar-refractivity contribution in [2.75, 3.05) is 0 Å². The van der Waals surface area contributed by atoms with Gasteiger partial charge in [-0.15, -0.1) is 0 Å². The van der Waals surface area contributed by atoms with E-state index in [2.05, 4.69) is 510 Å². The predicted molar refractivity (Wildman–Crippen MR) is 571 cm³/mol. The van der Waals surface area contributed by atoms with Gasteiger partial charge in [0, 0.05) is 49.0 Å². The summed E-state index contributed by atoms with van der Waals surface area (Å²) in [4.78, 5) is 0. The molecule has 630 valence electrons. The molecule has 0 spiro atoms. The fourth-order valence-corrected chi connectivity index (χ4v) is 21.2. The number of rotatable bonds is 12. The van der Waals surface area contributed by atoms with Gasteiger partial charge in [0.05, 0.1) is 0 Å². The minimum atomic E-state index is 0.892. The third-order valence-electron chi connectivity index (χ3n) is 27.2. The lowest BCUT2D eigenvalue weighted by molar-refractivity contribution is 0.669. The normalized spacial score (nSPS) is 11.6. The number of fused-ring (bicyclic) bond motifs is 15. The highest BCUT2D eigenvalue weighted by molar-refractivity contribution is 6.27. The van der Waals surface area contributed by atoms with Crippen LogP contribution in [-0.4, -0.2) is 0 Å². The van der Waals surface area contributed by atoms with Crippen LogP contribution in [0, 0.1) is 0 Å². The fraction of sp³-hybridized carbons (Fsp3) is 0. The van der Waals surface area contributed by atoms with Crippen molar-refractivity contribution in [3.8, 4) is 134 Å². The molecule has 27 rings (SSSR count). The van der Waals surface area contributed by atoms with Crippen LogP contribution < -0.4 is 0 Å². The highest BCUT2D eigenvalue weighted by Gasteiger charge is 2.27. The zero-order valence-electron chi connectivity index (χ0n) is 73.7. The summed E-state index contributed by atoms with van der Waals surface area (Å²) in [7, 11) is 0. The first-order valence-electron chi connectivity index (χ1n) is 46.3. The lowest BCUT2D eigenvalue weighted by Crippen LogP contribution is -1.90. The lowest BCUT2D eigenvalue weighted by atomic mass is 9.85. The quantitative estimate of drug-likeness (QED) is 0.114. The van der Waals surface area contributed by atoms with Crippen LogP contribution in [0.1, 0.15) is 0 Å². The molecule has 0 aliphatic heterocycles. The van der Waals surface area contributed by atoms with E-state index in [1.807, 2.05) is 0 Å². The van der Waals surface area contributed by atoms with Crippen molar-refractivity contribution >= 4 is 130 Å². The molecule has 3 heterocycles. The van der Waals surface area contributed by atoms with Crippen LogP contribution >= 0.6 is 0 Å². The molecule has 0 amide bonds. The molecule has 0 aliphatic carbocycles. The highest BCUT2D eigenvalue weighted by atomic mass is 16.3. The minimum absolute atomic E-state index is 0.892. The Hall–Kier alpha value is -17.8. The second-order valence-electron chi connectivity index (χ2n) is 34.9. The first-order chi connectivity index (χ1) is 67.0. The molecule has 0 N–H and O–H groups in total. The standard InChI is InChI=1S/3C44H28O/c1-4-14-29(15-5-1)33-25-26-34(30-16-6-2-7-17-30)44-43(33)39-28-32(24-27-40(39)45-44)42-37-22-12-10-20-35(37)41(31-18-8-3-9-19-31)36-21-11-13-23-38(36)42;1-4-14-29(15-5-1)33-25-26-38-39-28-32(24-27-40(39)45-44(38)43(33)31-18-8-3-9-19-31)42-36-22-12-10-20-34(36)41(30-16-6-2-7-17-30)35-21-11-13-23-37(35)42;1-4-14-29(15-5-1)33-27-38(30-16-6-2-7-17-30)44-40(28-33)39-26-32(24-25-41(39)45-44)43-36-22-12-10-20-34(36)42(31-18-8-3-9-19-31)35-21-11-13-23-37(35)43/h3*1-28H. The third-order valence-corrected chi connectivity index (χ3v) is 27.2. The summed E-state index contributed by atoms with van der Waals surface area (Å²) in [5.74, 6) is 0. The number of benzene rings is 24. The molecule has 0 aliphatic rings. The van der Waals surface area contributed by atoms with Gasteiger partial charge >= 0.3 is 0 Å². The maximum Gasteiger partial charge on any atom is 0.143 e. The van der Waals surface area contributed by atoms with Gasteiger partial charge in [-0.2, -0.15) is 0 Å². The maximum atomic E-state index is 6.74. The summed E-state index contributed by atoms with van der Waals surface area (Å²) in [5, 5.41) is 21.8. The van der Waals surface area contributed by atoms with Crippen molar-refractivity contribution in [2.24, 2.45) is 0 Å². The molecule has 0 bridgehead atoms. The molecule has 135 heavy (non-hydrogen) atoms. The molecule has 0 atom stereocenters. The third kappa shape index (κ3) is 14.0. The monoisotopic (exact) mass is 1720 g/mol. The van der Waals surface area contributed by atoms with Gasteiger partial charge in [-0.25, -0.2) is 0 Å². The highest BCUT2D eigenvalue weighted by Crippen LogP contribution is 2.53. The summed E-state index contributed by atoms with van der Waals surface area (Å²) in [6.07, 6.45) is 0. The van der Waals surface area contributed by atoms with Crippen LogP contribution in [0.3, 0.4) is 0 Å². The number of hydrogen-bond donors (Lipinski definition) is 0. The van der Waals surface area contributed by atoms with Gasteiger partial charge in [0.25, 0.3) is 0 Å². The van der Waals surface area contributed by atoms with Crippen LogP contribution in [0.25, 0.3) is 264 Å². The summed E-state index contributed by atoms with van der Waals surface area (Å²) in [6, 6.07) is 182. The van der Waals surface area contributed by atoms with E-state index in [9.17, 15) is 0 Å². The van der Waals surface area contributed by atoms with Crippen molar-refractivity contribution < 1.29 is 13.3 Å². The second-order valence-corrected chi connectivity index (χ2v) is 34.9. The van der Waals surface area contributed by atoms with Crippen LogP contribution in [0.15, 0.2) is 523 Å². The largest absolute Gasteiger partial charge is 0.455 e. The molecule has 3 heteroatoms. The Balaban J connectivity index is 0.000000108. The smallest absolute Gasteiger partial charge is 0.143 e. The van der Waals surface area contributed by atoms with E-state index in [1.54, 1.807) is 0 Å². The average Bonchev–Trinajstić information content (AvgIpc) is 1.70. The Kier molecular flexibility index (Phi) is 20.0. The SMILES string of the molecule is c1ccc(-c2c3ccccc3c(-c3ccc4oc5c(-c6ccccc6)ccc(-c6ccccc6)c5c4c3)c3ccccc23)cc1.c1ccc(-c2cc(-c3ccccc3)c3oc4ccc(-c5c6ccccc6c(-c6ccccc6)c6ccccc56)cc4c3c2)cc1.c1ccc(-c2ccc3c(oc4ccc(-c5c6ccccc6c(-c6ccccc6)c6ccccc56)cc43)c2-c2ccccc2)cc1. The van der Waals surface area contributed by atoms with Gasteiger partial charge < -0.3 is 13.3 Å². The Morgan fingerprint density at radius 1 is 0.104 bits per heavy atom. The van der Waals surface area contributed by atoms with Crippen molar-refractivity contribution in [1.29, 1.82) is 0 Å². The van der Waals surface area contributed by atoms with E-state index in [4.69, 9.17) is 13.3 Å². The van der Waals surface area contributed by atoms with Gasteiger partial charge in [0.2, 0.25) is 0 Å². The number of furan rings is 3. The Morgan fingerprint density at radius 2 is 0.341 bits per heavy atom. The number of hydrogen-bond acceptors (Lipinski definition) is 3. The van der Waals surface area contributed by atoms with Gasteiger partial charge in [-0.3, -0.25) is 0 Å². The van der Waals surface area contributed by atoms with E-state index in [-0.39, 0.29) is 0 Å². The molecular weight excluding hydrogens is 1630 g/mol. The van der Waals surface area contributed by atoms with Gasteiger partial charge in [-0.05, 0) is 242 Å². The second kappa shape index (κ2) is 33.9. The van der Waals surface area contributed by atoms with Crippen LogP contribution in [0.5, 0.6) is 0 Å². The molecule has 0 radical (unpaired) electrons. The lowest BCUT2D eigenvalue weighted by Gasteiger charge is -2.17. The van der Waals surface area contributed by atoms with Gasteiger partial charge in [0.1, 0.15) is 33.5 Å². The van der Waals surface area contributed by atoms with E-state index in [0.29, 0.717) is 0 Å². The Labute approximate surface area is 781 Å². The zero-order valence-corrected chi connectivity index (χ0v) is 73.7. The van der Waals surface area contributed by atoms with Crippen molar-refractivity contribution in [3.63, 3.8) is 0 Å². The molecule has 3 nitrogen and oxygen atoms in total. The molecule has 24 aromatic carbocycles. The fourth-order valence-electron chi connectivity index (χ4n) is 21.2. The molecule has 3 aromatic heterocycles. The van der Waals surface area contributed by atoms with Crippen LogP contribution in [-0.2, 0) is 0 Å². The van der Waals surface area contributed by atoms with Gasteiger partial charge in [-0.1, -0.05) is 449 Å². The van der Waals surface area contributed by atoms with Crippen molar-refractivity contribution in [3.05, 3.63) is 510 Å². The molecule has 0 saturated carbocycles. The van der Waals surface area contributed by atoms with Crippen molar-refractivity contribution in [2.45, 2.75) is 0 Å². The van der Waals surface area contributed by atoms with E-state index < -0.39 is 0 Å². The first kappa shape index (κ1) is 79.4. The summed E-state index contributed by atoms with van der Waals surface area (Å²) < 4.78 is 20.2. The molecule has 27 aromatic rings. The maximum absolute atomic E-state index is 6.74. The summed E-state index contributed by atoms with van der Waals surface area (Å²) in [5.41, 5.74) is 34.1. The summed E-state index contributed by atoms with van der Waals surface area (Å²) in [6.45, 7) is 0. The molecule has 0 saturated heterocycles. The van der Waals surface area contributed by atoms with Gasteiger partial charge in [0.15, 0.2) is 0 Å². The van der Waals surface area contributed by atoms with Crippen molar-refractivity contribution in [1.82, 2.24) is 0 Å². The minimum Gasteiger partial charge on any atom is -0.455 e. The van der Waals surface area contributed by atoms with E-state index >= 15 is 0 Å². The first-order valence-corrected chi connectivity index (χ1v) is 46.3. The predicted octanol–water partition coefficient (Wildman–Crippen LogP) is 37.7.